The molecule has 0 saturated heterocycles. The highest BCUT2D eigenvalue weighted by Gasteiger charge is 2.24. The van der Waals surface area contributed by atoms with Crippen molar-refractivity contribution in [3.05, 3.63) is 30.3 Å². The maximum atomic E-state index is 12.4. The van der Waals surface area contributed by atoms with Gasteiger partial charge >= 0.3 is 0 Å². The molecule has 1 atom stereocenters. The van der Waals surface area contributed by atoms with Crippen LogP contribution in [0.3, 0.4) is 0 Å². The van der Waals surface area contributed by atoms with Crippen LogP contribution in [0.2, 0.25) is 0 Å². The van der Waals surface area contributed by atoms with Gasteiger partial charge in [0.1, 0.15) is 6.04 Å². The lowest BCUT2D eigenvalue weighted by Gasteiger charge is -2.27. The first-order chi connectivity index (χ1) is 11.1. The zero-order valence-corrected chi connectivity index (χ0v) is 13.2. The van der Waals surface area contributed by atoms with E-state index >= 15 is 0 Å². The fourth-order valence-electron chi connectivity index (χ4n) is 2.78. The third-order valence-electron chi connectivity index (χ3n) is 4.30. The van der Waals surface area contributed by atoms with Gasteiger partial charge in [-0.15, -0.1) is 10.2 Å². The highest BCUT2D eigenvalue weighted by Crippen LogP contribution is 2.18. The number of carbonyl (C=O) groups excluding carboxylic acids is 1. The van der Waals surface area contributed by atoms with Crippen LogP contribution < -0.4 is 11.1 Å². The molecule has 1 aromatic carbocycles. The molecule has 1 saturated carbocycles. The number of benzene rings is 1. The smallest absolute Gasteiger partial charge is 0.246 e. The van der Waals surface area contributed by atoms with Gasteiger partial charge in [-0.1, -0.05) is 30.3 Å². The van der Waals surface area contributed by atoms with Crippen LogP contribution in [0.4, 0.5) is 0 Å². The standard InChI is InChI=1S/C16H22N6O/c1-11(16(23)18-14-9-7-13(17)8-10-14)22-20-15(19-21-22)12-5-3-2-4-6-12/h2-6,11,13-14H,7-10,17H2,1H3,(H,18,23). The maximum Gasteiger partial charge on any atom is 0.246 e. The molecule has 2 aromatic rings. The molecule has 1 unspecified atom stereocenters. The predicted octanol–water partition coefficient (Wildman–Crippen LogP) is 1.29. The zero-order valence-electron chi connectivity index (χ0n) is 13.2. The molecule has 1 heterocycles. The number of hydrogen-bond donors (Lipinski definition) is 2. The van der Waals surface area contributed by atoms with E-state index in [0.717, 1.165) is 31.2 Å². The molecule has 1 aliphatic carbocycles. The molecule has 122 valence electrons. The lowest BCUT2D eigenvalue weighted by Crippen LogP contribution is -2.43. The molecular weight excluding hydrogens is 292 g/mol. The molecule has 1 amide bonds. The van der Waals surface area contributed by atoms with Gasteiger partial charge in [-0.2, -0.15) is 4.80 Å². The number of rotatable bonds is 4. The average Bonchev–Trinajstić information content (AvgIpc) is 3.07. The lowest BCUT2D eigenvalue weighted by atomic mass is 9.92. The zero-order chi connectivity index (χ0) is 16.2. The fourth-order valence-corrected chi connectivity index (χ4v) is 2.78. The quantitative estimate of drug-likeness (QED) is 0.886. The van der Waals surface area contributed by atoms with E-state index in [2.05, 4.69) is 20.7 Å². The van der Waals surface area contributed by atoms with Crippen LogP contribution >= 0.6 is 0 Å². The summed E-state index contributed by atoms with van der Waals surface area (Å²) in [7, 11) is 0. The summed E-state index contributed by atoms with van der Waals surface area (Å²) in [6, 6.07) is 9.57. The van der Waals surface area contributed by atoms with Crippen molar-refractivity contribution in [1.29, 1.82) is 0 Å². The van der Waals surface area contributed by atoms with Gasteiger partial charge in [-0.3, -0.25) is 4.79 Å². The lowest BCUT2D eigenvalue weighted by molar-refractivity contribution is -0.125. The van der Waals surface area contributed by atoms with Gasteiger partial charge in [0.2, 0.25) is 11.7 Å². The number of tetrazole rings is 1. The molecule has 1 aliphatic rings. The van der Waals surface area contributed by atoms with E-state index in [1.165, 1.54) is 4.80 Å². The Morgan fingerprint density at radius 2 is 1.96 bits per heavy atom. The first-order valence-corrected chi connectivity index (χ1v) is 8.04. The molecule has 3 N–H and O–H groups in total. The summed E-state index contributed by atoms with van der Waals surface area (Å²) in [6.45, 7) is 1.78. The van der Waals surface area contributed by atoms with Gasteiger partial charge in [0.15, 0.2) is 0 Å². The number of carbonyl (C=O) groups is 1. The van der Waals surface area contributed by atoms with Crippen LogP contribution in [-0.4, -0.2) is 38.2 Å². The third kappa shape index (κ3) is 3.73. The normalized spacial score (nSPS) is 22.5. The highest BCUT2D eigenvalue weighted by atomic mass is 16.2. The number of hydrogen-bond acceptors (Lipinski definition) is 5. The second kappa shape index (κ2) is 6.87. The predicted molar refractivity (Wildman–Crippen MR) is 86.3 cm³/mol. The minimum absolute atomic E-state index is 0.0810. The van der Waals surface area contributed by atoms with Gasteiger partial charge in [0, 0.05) is 17.6 Å². The Hall–Kier alpha value is -2.28. The number of aromatic nitrogens is 4. The Morgan fingerprint density at radius 1 is 1.26 bits per heavy atom. The molecule has 0 radical (unpaired) electrons. The van der Waals surface area contributed by atoms with Gasteiger partial charge in [0.25, 0.3) is 0 Å². The van der Waals surface area contributed by atoms with E-state index in [0.29, 0.717) is 5.82 Å². The van der Waals surface area contributed by atoms with Crippen molar-refractivity contribution >= 4 is 5.91 Å². The second-order valence-corrected chi connectivity index (χ2v) is 6.10. The Kier molecular flexibility index (Phi) is 4.66. The van der Waals surface area contributed by atoms with Gasteiger partial charge in [0.05, 0.1) is 0 Å². The van der Waals surface area contributed by atoms with Crippen molar-refractivity contribution < 1.29 is 4.79 Å². The van der Waals surface area contributed by atoms with E-state index in [-0.39, 0.29) is 18.0 Å². The van der Waals surface area contributed by atoms with Gasteiger partial charge in [-0.25, -0.2) is 0 Å². The van der Waals surface area contributed by atoms with Crippen molar-refractivity contribution in [1.82, 2.24) is 25.5 Å². The average molecular weight is 314 g/mol. The Morgan fingerprint density at radius 3 is 2.65 bits per heavy atom. The molecular formula is C16H22N6O. The number of nitrogens with zero attached hydrogens (tertiary/aromatic N) is 4. The highest BCUT2D eigenvalue weighted by molar-refractivity contribution is 5.80. The molecule has 1 fully saturated rings. The van der Waals surface area contributed by atoms with E-state index in [1.807, 2.05) is 30.3 Å². The number of nitrogens with one attached hydrogen (secondary N) is 1. The van der Waals surface area contributed by atoms with Crippen LogP contribution in [0.1, 0.15) is 38.6 Å². The molecule has 0 bridgehead atoms. The molecule has 7 heteroatoms. The maximum absolute atomic E-state index is 12.4. The molecule has 3 rings (SSSR count). The van der Waals surface area contributed by atoms with Crippen LogP contribution in [0, 0.1) is 0 Å². The van der Waals surface area contributed by atoms with E-state index < -0.39 is 6.04 Å². The van der Waals surface area contributed by atoms with Crippen LogP contribution in [0.5, 0.6) is 0 Å². The first-order valence-electron chi connectivity index (χ1n) is 8.04. The molecule has 23 heavy (non-hydrogen) atoms. The Balaban J connectivity index is 1.62. The van der Waals surface area contributed by atoms with Gasteiger partial charge in [-0.05, 0) is 37.8 Å². The van der Waals surface area contributed by atoms with E-state index in [9.17, 15) is 4.79 Å². The van der Waals surface area contributed by atoms with Crippen LogP contribution in [0.15, 0.2) is 30.3 Å². The third-order valence-corrected chi connectivity index (χ3v) is 4.30. The largest absolute Gasteiger partial charge is 0.351 e. The summed E-state index contributed by atoms with van der Waals surface area (Å²) in [5.41, 5.74) is 6.77. The monoisotopic (exact) mass is 314 g/mol. The summed E-state index contributed by atoms with van der Waals surface area (Å²) < 4.78 is 0. The van der Waals surface area contributed by atoms with Crippen LogP contribution in [0.25, 0.3) is 11.4 Å². The number of amides is 1. The minimum Gasteiger partial charge on any atom is -0.351 e. The Bertz CT molecular complexity index is 648. The molecule has 7 nitrogen and oxygen atoms in total. The topological polar surface area (TPSA) is 98.7 Å². The summed E-state index contributed by atoms with van der Waals surface area (Å²) in [5, 5.41) is 15.4. The molecule has 0 aliphatic heterocycles. The van der Waals surface area contributed by atoms with Crippen molar-refractivity contribution in [2.75, 3.05) is 0 Å². The summed E-state index contributed by atoms with van der Waals surface area (Å²) in [4.78, 5) is 13.7. The van der Waals surface area contributed by atoms with Gasteiger partial charge < -0.3 is 11.1 Å². The molecule has 0 spiro atoms. The van der Waals surface area contributed by atoms with Crippen molar-refractivity contribution in [2.45, 2.75) is 50.7 Å². The van der Waals surface area contributed by atoms with Crippen molar-refractivity contribution in [2.24, 2.45) is 5.73 Å². The fraction of sp³-hybridized carbons (Fsp3) is 0.500. The van der Waals surface area contributed by atoms with Crippen LogP contribution in [-0.2, 0) is 4.79 Å². The minimum atomic E-state index is -0.490. The number of nitrogens with two attached hydrogens (primary N) is 1. The summed E-state index contributed by atoms with van der Waals surface area (Å²) >= 11 is 0. The summed E-state index contributed by atoms with van der Waals surface area (Å²) in [6.07, 6.45) is 3.78. The molecule has 1 aromatic heterocycles. The second-order valence-electron chi connectivity index (χ2n) is 6.10. The summed E-state index contributed by atoms with van der Waals surface area (Å²) in [5.74, 6) is 0.441. The van der Waals surface area contributed by atoms with E-state index in [1.54, 1.807) is 6.92 Å². The van der Waals surface area contributed by atoms with E-state index in [4.69, 9.17) is 5.73 Å². The first kappa shape index (κ1) is 15.6. The Labute approximate surface area is 135 Å². The van der Waals surface area contributed by atoms with Crippen molar-refractivity contribution in [3.8, 4) is 11.4 Å². The SMILES string of the molecule is CC(C(=O)NC1CCC(N)CC1)n1nnc(-c2ccccc2)n1. The van der Waals surface area contributed by atoms with Crippen molar-refractivity contribution in [3.63, 3.8) is 0 Å².